The maximum Gasteiger partial charge on any atom is 0.337 e. The van der Waals surface area contributed by atoms with E-state index in [1.54, 1.807) is 31.4 Å². The van der Waals surface area contributed by atoms with Crippen LogP contribution in [0.5, 0.6) is 11.5 Å². The van der Waals surface area contributed by atoms with Crippen molar-refractivity contribution in [2.24, 2.45) is 0 Å². The minimum atomic E-state index is -0.361. The third-order valence-electron chi connectivity index (χ3n) is 3.77. The second-order valence-corrected chi connectivity index (χ2v) is 5.54. The predicted octanol–water partition coefficient (Wildman–Crippen LogP) is 2.61. The van der Waals surface area contributed by atoms with Crippen molar-refractivity contribution in [1.82, 2.24) is 5.32 Å². The highest BCUT2D eigenvalue weighted by atomic mass is 16.5. The van der Waals surface area contributed by atoms with E-state index in [0.29, 0.717) is 30.0 Å². The van der Waals surface area contributed by atoms with Crippen LogP contribution in [0.4, 0.5) is 0 Å². The standard InChI is InChI=1S/C20H23NO5/c1-24-17-5-3-4-6-18(17)26-14-12-19(22)21-13-11-15-7-9-16(10-8-15)20(23)25-2/h3-10H,11-14H2,1-2H3,(H,21,22). The van der Waals surface area contributed by atoms with Crippen LogP contribution in [0.1, 0.15) is 22.3 Å². The second-order valence-electron chi connectivity index (χ2n) is 5.54. The number of para-hydroxylation sites is 2. The molecule has 6 nitrogen and oxygen atoms in total. The molecule has 26 heavy (non-hydrogen) atoms. The Balaban J connectivity index is 1.68. The Morgan fingerprint density at radius 2 is 1.65 bits per heavy atom. The van der Waals surface area contributed by atoms with Crippen molar-refractivity contribution in [3.8, 4) is 11.5 Å². The van der Waals surface area contributed by atoms with Gasteiger partial charge in [0.2, 0.25) is 5.91 Å². The summed E-state index contributed by atoms with van der Waals surface area (Å²) < 4.78 is 15.4. The molecule has 138 valence electrons. The Kier molecular flexibility index (Phi) is 7.49. The molecular weight excluding hydrogens is 334 g/mol. The van der Waals surface area contributed by atoms with Gasteiger partial charge in [-0.2, -0.15) is 0 Å². The Morgan fingerprint density at radius 1 is 0.962 bits per heavy atom. The van der Waals surface area contributed by atoms with Gasteiger partial charge in [-0.1, -0.05) is 24.3 Å². The minimum absolute atomic E-state index is 0.0777. The van der Waals surface area contributed by atoms with Crippen molar-refractivity contribution in [2.75, 3.05) is 27.4 Å². The van der Waals surface area contributed by atoms with Gasteiger partial charge in [-0.3, -0.25) is 4.79 Å². The van der Waals surface area contributed by atoms with E-state index < -0.39 is 0 Å². The van der Waals surface area contributed by atoms with E-state index in [-0.39, 0.29) is 24.9 Å². The van der Waals surface area contributed by atoms with Gasteiger partial charge in [-0.25, -0.2) is 4.79 Å². The van der Waals surface area contributed by atoms with E-state index in [2.05, 4.69) is 10.1 Å². The average Bonchev–Trinajstić information content (AvgIpc) is 2.68. The van der Waals surface area contributed by atoms with Crippen molar-refractivity contribution in [1.29, 1.82) is 0 Å². The molecule has 0 aromatic heterocycles. The number of carbonyl (C=O) groups excluding carboxylic acids is 2. The average molecular weight is 357 g/mol. The Hall–Kier alpha value is -3.02. The first kappa shape index (κ1) is 19.3. The zero-order valence-corrected chi connectivity index (χ0v) is 15.0. The highest BCUT2D eigenvalue weighted by Crippen LogP contribution is 2.25. The number of methoxy groups -OCH3 is 2. The fraction of sp³-hybridized carbons (Fsp3) is 0.300. The van der Waals surface area contributed by atoms with Crippen LogP contribution in [0.25, 0.3) is 0 Å². The smallest absolute Gasteiger partial charge is 0.337 e. The monoisotopic (exact) mass is 357 g/mol. The van der Waals surface area contributed by atoms with Gasteiger partial charge in [0.05, 0.1) is 32.8 Å². The highest BCUT2D eigenvalue weighted by molar-refractivity contribution is 5.89. The number of ether oxygens (including phenoxy) is 3. The summed E-state index contributed by atoms with van der Waals surface area (Å²) in [6, 6.07) is 14.4. The van der Waals surface area contributed by atoms with E-state index in [4.69, 9.17) is 9.47 Å². The first-order valence-electron chi connectivity index (χ1n) is 8.34. The summed E-state index contributed by atoms with van der Waals surface area (Å²) >= 11 is 0. The molecule has 0 heterocycles. The largest absolute Gasteiger partial charge is 0.493 e. The summed E-state index contributed by atoms with van der Waals surface area (Å²) in [5.74, 6) is 0.822. The van der Waals surface area contributed by atoms with Crippen LogP contribution in [0, 0.1) is 0 Å². The number of hydrogen-bond donors (Lipinski definition) is 1. The molecule has 2 aromatic rings. The van der Waals surface area contributed by atoms with Gasteiger partial charge in [0, 0.05) is 6.54 Å². The second kappa shape index (κ2) is 10.1. The normalized spacial score (nSPS) is 10.1. The molecule has 1 amide bonds. The van der Waals surface area contributed by atoms with Gasteiger partial charge < -0.3 is 19.5 Å². The first-order valence-corrected chi connectivity index (χ1v) is 8.34. The van der Waals surface area contributed by atoms with E-state index in [1.807, 2.05) is 24.3 Å². The Bertz CT molecular complexity index is 727. The number of rotatable bonds is 9. The summed E-state index contributed by atoms with van der Waals surface area (Å²) in [6.07, 6.45) is 0.944. The van der Waals surface area contributed by atoms with Crippen LogP contribution >= 0.6 is 0 Å². The van der Waals surface area contributed by atoms with Crippen molar-refractivity contribution in [3.05, 3.63) is 59.7 Å². The van der Waals surface area contributed by atoms with Crippen LogP contribution in [0.3, 0.4) is 0 Å². The molecule has 0 spiro atoms. The fourth-order valence-corrected chi connectivity index (χ4v) is 2.35. The van der Waals surface area contributed by atoms with Gasteiger partial charge in [0.1, 0.15) is 0 Å². The van der Waals surface area contributed by atoms with Crippen LogP contribution in [-0.4, -0.2) is 39.2 Å². The number of carbonyl (C=O) groups is 2. The number of nitrogens with one attached hydrogen (secondary N) is 1. The van der Waals surface area contributed by atoms with Crippen LogP contribution in [-0.2, 0) is 16.0 Å². The van der Waals surface area contributed by atoms with Crippen LogP contribution in [0.15, 0.2) is 48.5 Å². The van der Waals surface area contributed by atoms with E-state index in [9.17, 15) is 9.59 Å². The molecule has 1 N–H and O–H groups in total. The van der Waals surface area contributed by atoms with Gasteiger partial charge >= 0.3 is 5.97 Å². The van der Waals surface area contributed by atoms with Crippen molar-refractivity contribution in [2.45, 2.75) is 12.8 Å². The van der Waals surface area contributed by atoms with Crippen molar-refractivity contribution < 1.29 is 23.8 Å². The van der Waals surface area contributed by atoms with Gasteiger partial charge in [0.15, 0.2) is 11.5 Å². The number of benzene rings is 2. The van der Waals surface area contributed by atoms with E-state index in [0.717, 1.165) is 5.56 Å². The van der Waals surface area contributed by atoms with Crippen LogP contribution < -0.4 is 14.8 Å². The van der Waals surface area contributed by atoms with Crippen molar-refractivity contribution in [3.63, 3.8) is 0 Å². The van der Waals surface area contributed by atoms with Gasteiger partial charge in [-0.05, 0) is 36.2 Å². The summed E-state index contributed by atoms with van der Waals surface area (Å²) in [5, 5.41) is 2.85. The maximum absolute atomic E-state index is 11.9. The molecule has 0 unspecified atom stereocenters. The number of esters is 1. The lowest BCUT2D eigenvalue weighted by molar-refractivity contribution is -0.121. The molecule has 0 fully saturated rings. The molecule has 0 aliphatic rings. The lowest BCUT2D eigenvalue weighted by atomic mass is 10.1. The SMILES string of the molecule is COC(=O)c1ccc(CCNC(=O)CCOc2ccccc2OC)cc1. The summed E-state index contributed by atoms with van der Waals surface area (Å²) in [7, 11) is 2.93. The lowest BCUT2D eigenvalue weighted by Gasteiger charge is -2.10. The molecule has 0 atom stereocenters. The minimum Gasteiger partial charge on any atom is -0.493 e. The molecule has 0 bridgehead atoms. The molecule has 0 saturated heterocycles. The molecule has 2 rings (SSSR count). The molecular formula is C20H23NO5. The number of hydrogen-bond acceptors (Lipinski definition) is 5. The Morgan fingerprint density at radius 3 is 2.31 bits per heavy atom. The molecule has 2 aromatic carbocycles. The van der Waals surface area contributed by atoms with E-state index in [1.165, 1.54) is 7.11 Å². The molecule has 0 aliphatic heterocycles. The van der Waals surface area contributed by atoms with Crippen molar-refractivity contribution >= 4 is 11.9 Å². The first-order chi connectivity index (χ1) is 12.6. The quantitative estimate of drug-likeness (QED) is 0.699. The van der Waals surface area contributed by atoms with E-state index >= 15 is 0 Å². The molecule has 0 aliphatic carbocycles. The number of amides is 1. The third-order valence-corrected chi connectivity index (χ3v) is 3.77. The predicted molar refractivity (Wildman–Crippen MR) is 97.6 cm³/mol. The molecule has 6 heteroatoms. The topological polar surface area (TPSA) is 73.9 Å². The lowest BCUT2D eigenvalue weighted by Crippen LogP contribution is -2.27. The fourth-order valence-electron chi connectivity index (χ4n) is 2.35. The molecule has 0 radical (unpaired) electrons. The van der Waals surface area contributed by atoms with Gasteiger partial charge in [0.25, 0.3) is 0 Å². The zero-order valence-electron chi connectivity index (χ0n) is 15.0. The Labute approximate surface area is 153 Å². The zero-order chi connectivity index (χ0) is 18.8. The summed E-state index contributed by atoms with van der Waals surface area (Å²) in [6.45, 7) is 0.797. The van der Waals surface area contributed by atoms with Crippen LogP contribution in [0.2, 0.25) is 0 Å². The molecule has 0 saturated carbocycles. The maximum atomic E-state index is 11.9. The van der Waals surface area contributed by atoms with Gasteiger partial charge in [-0.15, -0.1) is 0 Å². The summed E-state index contributed by atoms with van der Waals surface area (Å²) in [4.78, 5) is 23.2. The highest BCUT2D eigenvalue weighted by Gasteiger charge is 2.06. The summed E-state index contributed by atoms with van der Waals surface area (Å²) in [5.41, 5.74) is 1.54. The third kappa shape index (κ3) is 5.81.